The van der Waals surface area contributed by atoms with Gasteiger partial charge < -0.3 is 0 Å². The number of alkyl halides is 3. The number of benzene rings is 2. The molecule has 3 aromatic rings. The first-order valence-electron chi connectivity index (χ1n) is 10.6. The van der Waals surface area contributed by atoms with Gasteiger partial charge in [-0.2, -0.15) is 18.3 Å². The summed E-state index contributed by atoms with van der Waals surface area (Å²) in [5, 5.41) is 15.6. The molecule has 0 spiro atoms. The van der Waals surface area contributed by atoms with Gasteiger partial charge in [-0.1, -0.05) is 12.1 Å². The van der Waals surface area contributed by atoms with Crippen molar-refractivity contribution in [2.45, 2.75) is 12.7 Å². The van der Waals surface area contributed by atoms with Gasteiger partial charge in [0, 0.05) is 12.3 Å². The topological polar surface area (TPSA) is 99.6 Å². The lowest BCUT2D eigenvalue weighted by molar-refractivity contribution is -0.384. The smallest absolute Gasteiger partial charge is 0.266 e. The zero-order valence-electron chi connectivity index (χ0n) is 18.4. The summed E-state index contributed by atoms with van der Waals surface area (Å²) in [5.74, 6) is -2.06. The summed E-state index contributed by atoms with van der Waals surface area (Å²) in [5.41, 5.74) is -0.460. The number of imidazole rings is 1. The molecule has 0 saturated carbocycles. The molecule has 13 heteroatoms. The maximum atomic E-state index is 14.1. The quantitative estimate of drug-likeness (QED) is 0.169. The number of nitro benzene ring substituents is 1. The Morgan fingerprint density at radius 2 is 1.70 bits per heavy atom. The first kappa shape index (κ1) is 23.9. The van der Waals surface area contributed by atoms with Gasteiger partial charge in [0.25, 0.3) is 5.69 Å². The van der Waals surface area contributed by atoms with Crippen molar-refractivity contribution < 1.29 is 26.9 Å². The monoisotopic (exact) mass is 512 g/mol. The number of pyridine rings is 1. The Balaban J connectivity index is 1.40. The van der Waals surface area contributed by atoms with E-state index < -0.39 is 34.0 Å². The number of aromatic nitrogens is 5. The Morgan fingerprint density at radius 3 is 2.41 bits per heavy atom. The zero-order chi connectivity index (χ0) is 26.3. The van der Waals surface area contributed by atoms with Crippen LogP contribution >= 0.6 is 0 Å². The van der Waals surface area contributed by atoms with Gasteiger partial charge in [0.15, 0.2) is 17.5 Å². The van der Waals surface area contributed by atoms with Crippen LogP contribution in [0.5, 0.6) is 0 Å². The van der Waals surface area contributed by atoms with Crippen LogP contribution in [-0.2, 0) is 12.7 Å². The fraction of sp³-hybridized carbons (Fsp3) is 0.0833. The minimum atomic E-state index is -4.72. The molecule has 0 radical (unpaired) electrons. The minimum Gasteiger partial charge on any atom is -0.266 e. The van der Waals surface area contributed by atoms with E-state index in [1.807, 2.05) is 0 Å². The van der Waals surface area contributed by atoms with E-state index in [9.17, 15) is 32.1 Å². The molecule has 0 unspecified atom stereocenters. The van der Waals surface area contributed by atoms with E-state index in [1.54, 1.807) is 12.3 Å². The van der Waals surface area contributed by atoms with Crippen LogP contribution in [-0.4, -0.2) is 29.7 Å². The lowest BCUT2D eigenvalue weighted by Gasteiger charge is -2.10. The molecular formula is C24H13F5N6O2. The Kier molecular flexibility index (Phi) is 5.82. The van der Waals surface area contributed by atoms with Crippen molar-refractivity contribution in [3.8, 4) is 34.0 Å². The maximum absolute atomic E-state index is 14.1. The lowest BCUT2D eigenvalue weighted by atomic mass is 10.0. The fourth-order valence-corrected chi connectivity index (χ4v) is 3.68. The van der Waals surface area contributed by atoms with Crippen LogP contribution in [0, 0.1) is 21.7 Å². The Hall–Kier alpha value is -4.81. The molecule has 0 saturated heterocycles. The molecular weight excluding hydrogens is 499 g/mol. The van der Waals surface area contributed by atoms with Crippen molar-refractivity contribution in [2.75, 3.05) is 0 Å². The van der Waals surface area contributed by atoms with Gasteiger partial charge in [-0.15, -0.1) is 0 Å². The molecule has 1 aromatic heterocycles. The first-order chi connectivity index (χ1) is 17.6. The molecule has 186 valence electrons. The van der Waals surface area contributed by atoms with Gasteiger partial charge in [0.1, 0.15) is 11.4 Å². The lowest BCUT2D eigenvalue weighted by Crippen LogP contribution is -2.07. The SMILES string of the molecule is O=[N+]([O-])c1cc(C(F)(F)F)ccc1-c1ccc(Cn2cc3nc(-c4cccc(F)c4F)nc-3cn2)cn1. The second kappa shape index (κ2) is 9.00. The number of fused-ring (bicyclic) bond motifs is 1. The van der Waals surface area contributed by atoms with Gasteiger partial charge >= 0.3 is 6.18 Å². The Morgan fingerprint density at radius 1 is 0.919 bits per heavy atom. The highest BCUT2D eigenvalue weighted by molar-refractivity contribution is 5.71. The van der Waals surface area contributed by atoms with Crippen molar-refractivity contribution in [3.05, 3.63) is 100.0 Å². The van der Waals surface area contributed by atoms with Gasteiger partial charge in [0.2, 0.25) is 0 Å². The van der Waals surface area contributed by atoms with Crippen molar-refractivity contribution in [3.63, 3.8) is 0 Å². The summed E-state index contributed by atoms with van der Waals surface area (Å²) in [7, 11) is 0. The molecule has 3 heterocycles. The summed E-state index contributed by atoms with van der Waals surface area (Å²) in [6.45, 7) is 0.203. The standard InChI is InChI=1S/C24H13F5N6O2/c25-17-3-1-2-16(22(17)26)23-32-19-10-31-34(12-20(19)33-23)11-13-4-7-18(30-9-13)15-6-5-14(24(27,28)29)8-21(15)35(36)37/h1-10,12H,11H2. The molecule has 0 amide bonds. The van der Waals surface area contributed by atoms with Crippen LogP contribution in [0.15, 0.2) is 67.1 Å². The number of nitrogens with zero attached hydrogens (tertiary/aromatic N) is 6. The maximum Gasteiger partial charge on any atom is 0.416 e. The molecule has 2 aliphatic rings. The third-order valence-electron chi connectivity index (χ3n) is 5.47. The molecule has 0 N–H and O–H groups in total. The van der Waals surface area contributed by atoms with E-state index >= 15 is 0 Å². The van der Waals surface area contributed by atoms with Crippen molar-refractivity contribution in [1.82, 2.24) is 24.7 Å². The van der Waals surface area contributed by atoms with E-state index in [1.165, 1.54) is 35.3 Å². The molecule has 2 aromatic carbocycles. The molecule has 0 bridgehead atoms. The molecule has 5 rings (SSSR count). The van der Waals surface area contributed by atoms with Crippen LogP contribution in [0.3, 0.4) is 0 Å². The van der Waals surface area contributed by atoms with E-state index in [2.05, 4.69) is 20.1 Å². The summed E-state index contributed by atoms with van der Waals surface area (Å²) >= 11 is 0. The number of hydrogen-bond donors (Lipinski definition) is 0. The number of rotatable bonds is 5. The van der Waals surface area contributed by atoms with Crippen molar-refractivity contribution in [2.24, 2.45) is 0 Å². The molecule has 0 atom stereocenters. The molecule has 0 aliphatic carbocycles. The average Bonchev–Trinajstić information content (AvgIpc) is 3.28. The van der Waals surface area contributed by atoms with Gasteiger partial charge in [-0.05, 0) is 35.9 Å². The molecule has 0 fully saturated rings. The highest BCUT2D eigenvalue weighted by Crippen LogP contribution is 2.36. The van der Waals surface area contributed by atoms with Crippen LogP contribution < -0.4 is 0 Å². The third-order valence-corrected chi connectivity index (χ3v) is 5.47. The third kappa shape index (κ3) is 4.70. The van der Waals surface area contributed by atoms with Crippen LogP contribution in [0.25, 0.3) is 34.0 Å². The van der Waals surface area contributed by atoms with Gasteiger partial charge in [-0.3, -0.25) is 19.8 Å². The summed E-state index contributed by atoms with van der Waals surface area (Å²) < 4.78 is 68.0. The predicted octanol–water partition coefficient (Wildman–Crippen LogP) is 5.76. The van der Waals surface area contributed by atoms with Crippen LogP contribution in [0.4, 0.5) is 27.6 Å². The highest BCUT2D eigenvalue weighted by atomic mass is 19.4. The Labute approximate surface area is 204 Å². The summed E-state index contributed by atoms with van der Waals surface area (Å²) in [4.78, 5) is 23.1. The van der Waals surface area contributed by atoms with E-state index in [-0.39, 0.29) is 29.2 Å². The second-order valence-electron chi connectivity index (χ2n) is 7.93. The van der Waals surface area contributed by atoms with Crippen LogP contribution in [0.1, 0.15) is 11.1 Å². The summed E-state index contributed by atoms with van der Waals surface area (Å²) in [6, 6.07) is 9.02. The number of halogens is 5. The van der Waals surface area contributed by atoms with E-state index in [0.717, 1.165) is 18.2 Å². The fourth-order valence-electron chi connectivity index (χ4n) is 3.68. The second-order valence-corrected chi connectivity index (χ2v) is 7.93. The normalized spacial score (nSPS) is 11.7. The van der Waals surface area contributed by atoms with E-state index in [4.69, 9.17) is 0 Å². The van der Waals surface area contributed by atoms with E-state index in [0.29, 0.717) is 23.0 Å². The van der Waals surface area contributed by atoms with Gasteiger partial charge in [-0.25, -0.2) is 18.7 Å². The van der Waals surface area contributed by atoms with Crippen molar-refractivity contribution >= 4 is 5.69 Å². The first-order valence-corrected chi connectivity index (χ1v) is 10.6. The molecule has 37 heavy (non-hydrogen) atoms. The number of hydrogen-bond acceptors (Lipinski definition) is 6. The minimum absolute atomic E-state index is 0.00991. The zero-order valence-corrected chi connectivity index (χ0v) is 18.4. The predicted molar refractivity (Wildman–Crippen MR) is 120 cm³/mol. The summed E-state index contributed by atoms with van der Waals surface area (Å²) in [6.07, 6.45) is -0.335. The number of nitro groups is 1. The Bertz CT molecular complexity index is 1600. The molecule has 2 aliphatic heterocycles. The average molecular weight is 512 g/mol. The van der Waals surface area contributed by atoms with Crippen LogP contribution in [0.2, 0.25) is 0 Å². The van der Waals surface area contributed by atoms with Gasteiger partial charge in [0.05, 0.1) is 46.2 Å². The van der Waals surface area contributed by atoms with Crippen molar-refractivity contribution in [1.29, 1.82) is 0 Å². The highest BCUT2D eigenvalue weighted by Gasteiger charge is 2.33. The molecule has 8 nitrogen and oxygen atoms in total. The largest absolute Gasteiger partial charge is 0.416 e.